The van der Waals surface area contributed by atoms with E-state index in [0.29, 0.717) is 6.54 Å². The standard InChI is InChI=1S/C18H21N3O2S/c1-23-18-8-7-14(11-21-13-19-12-20-21)9-17(18)15-5-4-6-16(10-15)24(2,3)22/h4-10,12-13,22H,11H2,1-3H3. The third-order valence-corrected chi connectivity index (χ3v) is 5.20. The van der Waals surface area contributed by atoms with Crippen molar-refractivity contribution in [1.29, 1.82) is 0 Å². The van der Waals surface area contributed by atoms with Gasteiger partial charge in [0, 0.05) is 10.5 Å². The highest BCUT2D eigenvalue weighted by Gasteiger charge is 2.13. The smallest absolute Gasteiger partial charge is 0.137 e. The number of hydrogen-bond acceptors (Lipinski definition) is 4. The first-order valence-electron chi connectivity index (χ1n) is 7.53. The van der Waals surface area contributed by atoms with Gasteiger partial charge in [-0.05, 0) is 47.9 Å². The fraction of sp³-hybridized carbons (Fsp3) is 0.222. The third-order valence-electron chi connectivity index (χ3n) is 3.80. The molecule has 0 aliphatic heterocycles. The molecule has 0 atom stereocenters. The Morgan fingerprint density at radius 3 is 2.67 bits per heavy atom. The first kappa shape index (κ1) is 16.5. The zero-order chi connectivity index (χ0) is 17.2. The van der Waals surface area contributed by atoms with Crippen LogP contribution in [0.1, 0.15) is 5.56 Å². The summed E-state index contributed by atoms with van der Waals surface area (Å²) in [4.78, 5) is 4.92. The predicted octanol–water partition coefficient (Wildman–Crippen LogP) is 3.90. The van der Waals surface area contributed by atoms with Crippen LogP contribution >= 0.6 is 10.3 Å². The first-order chi connectivity index (χ1) is 11.5. The van der Waals surface area contributed by atoms with Gasteiger partial charge in [-0.3, -0.25) is 0 Å². The van der Waals surface area contributed by atoms with Gasteiger partial charge in [0.1, 0.15) is 18.4 Å². The second-order valence-corrected chi connectivity index (χ2v) is 8.95. The van der Waals surface area contributed by atoms with Crippen LogP contribution in [0.3, 0.4) is 0 Å². The second-order valence-electron chi connectivity index (χ2n) is 5.93. The predicted molar refractivity (Wildman–Crippen MR) is 97.9 cm³/mol. The number of hydrogen-bond donors (Lipinski definition) is 1. The molecule has 0 radical (unpaired) electrons. The molecule has 126 valence electrons. The summed E-state index contributed by atoms with van der Waals surface area (Å²) < 4.78 is 17.7. The summed E-state index contributed by atoms with van der Waals surface area (Å²) in [5.74, 6) is 0.806. The van der Waals surface area contributed by atoms with Crippen molar-refractivity contribution in [1.82, 2.24) is 14.8 Å². The van der Waals surface area contributed by atoms with Gasteiger partial charge in [-0.1, -0.05) is 18.2 Å². The van der Waals surface area contributed by atoms with Crippen molar-refractivity contribution in [3.8, 4) is 16.9 Å². The van der Waals surface area contributed by atoms with E-state index in [4.69, 9.17) is 4.74 Å². The van der Waals surface area contributed by atoms with Crippen LogP contribution in [0, 0.1) is 0 Å². The van der Waals surface area contributed by atoms with Gasteiger partial charge in [0.15, 0.2) is 0 Å². The molecule has 3 rings (SSSR count). The zero-order valence-electron chi connectivity index (χ0n) is 14.0. The van der Waals surface area contributed by atoms with E-state index >= 15 is 0 Å². The topological polar surface area (TPSA) is 60.2 Å². The van der Waals surface area contributed by atoms with Gasteiger partial charge in [-0.25, -0.2) is 9.67 Å². The van der Waals surface area contributed by atoms with Gasteiger partial charge in [-0.2, -0.15) is 5.10 Å². The molecule has 0 bridgehead atoms. The van der Waals surface area contributed by atoms with Crippen molar-refractivity contribution in [2.45, 2.75) is 11.4 Å². The molecule has 0 spiro atoms. The average molecular weight is 343 g/mol. The molecular weight excluding hydrogens is 322 g/mol. The van der Waals surface area contributed by atoms with E-state index in [1.54, 1.807) is 18.1 Å². The van der Waals surface area contributed by atoms with Crippen LogP contribution in [-0.2, 0) is 6.54 Å². The quantitative estimate of drug-likeness (QED) is 0.763. The van der Waals surface area contributed by atoms with Crippen molar-refractivity contribution >= 4 is 10.3 Å². The van der Waals surface area contributed by atoms with Gasteiger partial charge in [0.05, 0.1) is 13.7 Å². The van der Waals surface area contributed by atoms with E-state index in [9.17, 15) is 4.55 Å². The monoisotopic (exact) mass is 343 g/mol. The summed E-state index contributed by atoms with van der Waals surface area (Å²) >= 11 is 0. The van der Waals surface area contributed by atoms with Gasteiger partial charge in [0.2, 0.25) is 0 Å². The van der Waals surface area contributed by atoms with Gasteiger partial charge in [0.25, 0.3) is 0 Å². The molecule has 24 heavy (non-hydrogen) atoms. The number of rotatable bonds is 5. The molecule has 0 unspecified atom stereocenters. The maximum Gasteiger partial charge on any atom is 0.137 e. The molecule has 1 aromatic heterocycles. The molecule has 0 fully saturated rings. The number of benzene rings is 2. The lowest BCUT2D eigenvalue weighted by molar-refractivity contribution is 0.416. The zero-order valence-corrected chi connectivity index (χ0v) is 14.8. The minimum atomic E-state index is -1.77. The Morgan fingerprint density at radius 2 is 2.00 bits per heavy atom. The van der Waals surface area contributed by atoms with E-state index in [1.807, 2.05) is 48.9 Å². The van der Waals surface area contributed by atoms with E-state index in [1.165, 1.54) is 6.33 Å². The van der Waals surface area contributed by atoms with E-state index in [0.717, 1.165) is 27.3 Å². The lowest BCUT2D eigenvalue weighted by atomic mass is 10.0. The van der Waals surface area contributed by atoms with Crippen LogP contribution in [-0.4, -0.2) is 38.9 Å². The normalized spacial score (nSPS) is 12.2. The molecule has 3 aromatic rings. The van der Waals surface area contributed by atoms with E-state index < -0.39 is 10.3 Å². The first-order valence-corrected chi connectivity index (χ1v) is 9.93. The van der Waals surface area contributed by atoms with Crippen LogP contribution in [0.4, 0.5) is 0 Å². The van der Waals surface area contributed by atoms with Crippen LogP contribution in [0.25, 0.3) is 11.1 Å². The van der Waals surface area contributed by atoms with Crippen molar-refractivity contribution in [3.63, 3.8) is 0 Å². The molecule has 0 saturated carbocycles. The second kappa shape index (κ2) is 6.67. The molecular formula is C18H21N3O2S. The van der Waals surface area contributed by atoms with Gasteiger partial charge >= 0.3 is 0 Å². The molecule has 6 heteroatoms. The lowest BCUT2D eigenvalue weighted by Crippen LogP contribution is -2.01. The van der Waals surface area contributed by atoms with Crippen molar-refractivity contribution < 1.29 is 9.29 Å². The summed E-state index contributed by atoms with van der Waals surface area (Å²) in [6.07, 6.45) is 6.96. The molecule has 0 aliphatic carbocycles. The SMILES string of the molecule is COc1ccc(Cn2cncn2)cc1-c1cccc(S(C)(C)O)c1. The number of ether oxygens (including phenoxy) is 1. The van der Waals surface area contributed by atoms with Crippen LogP contribution in [0.5, 0.6) is 5.75 Å². The number of aromatic nitrogens is 3. The Morgan fingerprint density at radius 1 is 1.17 bits per heavy atom. The van der Waals surface area contributed by atoms with E-state index in [2.05, 4.69) is 16.1 Å². The largest absolute Gasteiger partial charge is 0.496 e. The molecule has 5 nitrogen and oxygen atoms in total. The third kappa shape index (κ3) is 3.60. The Bertz CT molecular complexity index is 827. The number of methoxy groups -OCH3 is 1. The molecule has 0 saturated heterocycles. The summed E-state index contributed by atoms with van der Waals surface area (Å²) in [5.41, 5.74) is 3.14. The van der Waals surface area contributed by atoms with Crippen molar-refractivity contribution in [3.05, 3.63) is 60.7 Å². The summed E-state index contributed by atoms with van der Waals surface area (Å²) in [6.45, 7) is 0.646. The highest BCUT2D eigenvalue weighted by Crippen LogP contribution is 2.46. The Balaban J connectivity index is 2.02. The Kier molecular flexibility index (Phi) is 4.59. The molecule has 2 aromatic carbocycles. The average Bonchev–Trinajstić information content (AvgIpc) is 3.07. The van der Waals surface area contributed by atoms with Crippen molar-refractivity contribution in [2.75, 3.05) is 19.6 Å². The minimum absolute atomic E-state index is 0.646. The number of nitrogens with zero attached hydrogens (tertiary/aromatic N) is 3. The Labute approximate surface area is 143 Å². The molecule has 1 heterocycles. The highest BCUT2D eigenvalue weighted by molar-refractivity contribution is 8.28. The maximum atomic E-state index is 10.3. The fourth-order valence-corrected chi connectivity index (χ4v) is 3.38. The Hall–Kier alpha value is -2.31. The highest BCUT2D eigenvalue weighted by atomic mass is 32.3. The van der Waals surface area contributed by atoms with Gasteiger partial charge in [-0.15, -0.1) is 10.3 Å². The summed E-state index contributed by atoms with van der Waals surface area (Å²) in [6, 6.07) is 14.1. The fourth-order valence-electron chi connectivity index (χ4n) is 2.55. The summed E-state index contributed by atoms with van der Waals surface area (Å²) in [7, 11) is -0.0996. The van der Waals surface area contributed by atoms with Crippen molar-refractivity contribution in [2.24, 2.45) is 0 Å². The maximum absolute atomic E-state index is 10.3. The summed E-state index contributed by atoms with van der Waals surface area (Å²) in [5, 5.41) is 4.15. The molecule has 0 amide bonds. The minimum Gasteiger partial charge on any atom is -0.496 e. The lowest BCUT2D eigenvalue weighted by Gasteiger charge is -2.24. The van der Waals surface area contributed by atoms with E-state index in [-0.39, 0.29) is 0 Å². The van der Waals surface area contributed by atoms with Crippen LogP contribution < -0.4 is 4.74 Å². The van der Waals surface area contributed by atoms with Crippen LogP contribution in [0.2, 0.25) is 0 Å². The molecule has 0 aliphatic rings. The van der Waals surface area contributed by atoms with Gasteiger partial charge < -0.3 is 9.29 Å². The molecule has 1 N–H and O–H groups in total. The van der Waals surface area contributed by atoms with Crippen LogP contribution in [0.15, 0.2) is 60.0 Å².